The molecule has 0 spiro atoms. The minimum absolute atomic E-state index is 0.417. The van der Waals surface area contributed by atoms with E-state index < -0.39 is 37.1 Å². The van der Waals surface area contributed by atoms with Gasteiger partial charge in [-0.05, 0) is 90.8 Å². The van der Waals surface area contributed by atoms with E-state index in [1.165, 1.54) is 33.6 Å². The Hall–Kier alpha value is -1.41. The van der Waals surface area contributed by atoms with Gasteiger partial charge in [0, 0.05) is 4.90 Å². The van der Waals surface area contributed by atoms with Crippen LogP contribution in [0, 0.1) is 6.92 Å². The minimum Gasteiger partial charge on any atom is -0.394 e. The van der Waals surface area contributed by atoms with Crippen LogP contribution in [0.25, 0.3) is 0 Å². The summed E-state index contributed by atoms with van der Waals surface area (Å²) in [6.45, 7) is 1.64. The Morgan fingerprint density at radius 2 is 1.65 bits per heavy atom. The largest absolute Gasteiger partial charge is 0.394 e. The van der Waals surface area contributed by atoms with Crippen LogP contribution in [0.1, 0.15) is 52.3 Å². The first-order valence-electron chi connectivity index (χ1n) is 11.0. The number of aliphatic hydroxyl groups is 4. The predicted octanol–water partition coefficient (Wildman–Crippen LogP) is 2.70. The molecule has 2 aromatic carbocycles. The molecule has 5 atom stereocenters. The van der Waals surface area contributed by atoms with E-state index >= 15 is 0 Å². The summed E-state index contributed by atoms with van der Waals surface area (Å²) in [4.78, 5) is 1.23. The van der Waals surface area contributed by atoms with Crippen molar-refractivity contribution in [3.63, 3.8) is 0 Å². The molecule has 1 aliphatic carbocycles. The summed E-state index contributed by atoms with van der Waals surface area (Å²) in [6.07, 6.45) is 1.54. The van der Waals surface area contributed by atoms with Gasteiger partial charge in [0.1, 0.15) is 30.5 Å². The topological polar surface area (TPSA) is 90.2 Å². The van der Waals surface area contributed by atoms with E-state index in [1.807, 2.05) is 0 Å². The SMILES string of the molecule is CSc1ccc(Cc2cc([C@@H]3O[C@H](CO)[C@@H](O)[C@H](O)[C@H]3O)c(C)c3c2CCCC3)cc1. The van der Waals surface area contributed by atoms with Crippen LogP contribution in [-0.4, -0.2) is 57.7 Å². The lowest BCUT2D eigenvalue weighted by atomic mass is 9.79. The molecule has 0 saturated carbocycles. The van der Waals surface area contributed by atoms with Crippen LogP contribution in [0.2, 0.25) is 0 Å². The number of benzene rings is 2. The highest BCUT2D eigenvalue weighted by molar-refractivity contribution is 7.98. The molecule has 1 heterocycles. The van der Waals surface area contributed by atoms with Crippen LogP contribution in [0.15, 0.2) is 35.2 Å². The standard InChI is InChI=1S/C25H32O5S/c1-14-18-5-3-4-6-19(18)16(11-15-7-9-17(31-2)10-8-15)12-20(14)25-24(29)23(28)22(27)21(13-26)30-25/h7-10,12,21-29H,3-6,11,13H2,1-2H3/t21-,22-,23+,24-,25+/m1/s1. The number of thioether (sulfide) groups is 1. The molecule has 2 aliphatic rings. The fourth-order valence-corrected chi connectivity index (χ4v) is 5.41. The van der Waals surface area contributed by atoms with Crippen LogP contribution >= 0.6 is 11.8 Å². The van der Waals surface area contributed by atoms with Crippen molar-refractivity contribution in [1.29, 1.82) is 0 Å². The van der Waals surface area contributed by atoms with Gasteiger partial charge in [-0.2, -0.15) is 0 Å². The fraction of sp³-hybridized carbons (Fsp3) is 0.520. The molecule has 0 radical (unpaired) electrons. The van der Waals surface area contributed by atoms with E-state index in [2.05, 4.69) is 43.5 Å². The van der Waals surface area contributed by atoms with Crippen LogP contribution in [0.3, 0.4) is 0 Å². The molecule has 1 saturated heterocycles. The summed E-state index contributed by atoms with van der Waals surface area (Å²) in [7, 11) is 0. The highest BCUT2D eigenvalue weighted by Crippen LogP contribution is 2.39. The molecule has 0 amide bonds. The third kappa shape index (κ3) is 4.42. The average Bonchev–Trinajstić information content (AvgIpc) is 2.80. The van der Waals surface area contributed by atoms with Gasteiger partial charge in [-0.3, -0.25) is 0 Å². The van der Waals surface area contributed by atoms with Crippen molar-refractivity contribution in [1.82, 2.24) is 0 Å². The maximum Gasteiger partial charge on any atom is 0.113 e. The predicted molar refractivity (Wildman–Crippen MR) is 122 cm³/mol. The number of ether oxygens (including phenoxy) is 1. The van der Waals surface area contributed by atoms with Crippen molar-refractivity contribution in [3.05, 3.63) is 63.7 Å². The quantitative estimate of drug-likeness (QED) is 0.530. The van der Waals surface area contributed by atoms with Crippen molar-refractivity contribution < 1.29 is 25.2 Å². The van der Waals surface area contributed by atoms with Crippen molar-refractivity contribution in [3.8, 4) is 0 Å². The number of aliphatic hydroxyl groups excluding tert-OH is 4. The Kier molecular flexibility index (Phi) is 7.06. The highest BCUT2D eigenvalue weighted by Gasteiger charge is 2.44. The molecule has 0 bridgehead atoms. The van der Waals surface area contributed by atoms with Gasteiger partial charge in [-0.15, -0.1) is 11.8 Å². The molecule has 1 aliphatic heterocycles. The van der Waals surface area contributed by atoms with Crippen LogP contribution in [-0.2, 0) is 24.0 Å². The third-order valence-electron chi connectivity index (χ3n) is 6.82. The van der Waals surface area contributed by atoms with Gasteiger partial charge >= 0.3 is 0 Å². The average molecular weight is 445 g/mol. The Morgan fingerprint density at radius 3 is 2.29 bits per heavy atom. The molecule has 0 aromatic heterocycles. The molecule has 4 rings (SSSR count). The minimum atomic E-state index is -1.37. The molecule has 31 heavy (non-hydrogen) atoms. The first kappa shape index (κ1) is 22.8. The number of hydrogen-bond acceptors (Lipinski definition) is 6. The maximum atomic E-state index is 10.7. The van der Waals surface area contributed by atoms with E-state index in [-0.39, 0.29) is 0 Å². The smallest absolute Gasteiger partial charge is 0.113 e. The fourth-order valence-electron chi connectivity index (χ4n) is 5.01. The number of rotatable bonds is 5. The first-order chi connectivity index (χ1) is 14.9. The summed E-state index contributed by atoms with van der Waals surface area (Å²) < 4.78 is 5.91. The summed E-state index contributed by atoms with van der Waals surface area (Å²) in [5, 5.41) is 40.8. The van der Waals surface area contributed by atoms with Gasteiger partial charge in [0.25, 0.3) is 0 Å². The second-order valence-electron chi connectivity index (χ2n) is 8.69. The van der Waals surface area contributed by atoms with E-state index in [9.17, 15) is 20.4 Å². The Bertz CT molecular complexity index is 911. The summed E-state index contributed by atoms with van der Waals surface area (Å²) in [6, 6.07) is 10.7. The van der Waals surface area contributed by atoms with E-state index in [1.54, 1.807) is 11.8 Å². The lowest BCUT2D eigenvalue weighted by Gasteiger charge is -2.41. The van der Waals surface area contributed by atoms with E-state index in [0.717, 1.165) is 36.8 Å². The summed E-state index contributed by atoms with van der Waals surface area (Å²) in [5.74, 6) is 0. The van der Waals surface area contributed by atoms with Crippen molar-refractivity contribution in [2.45, 2.75) is 74.4 Å². The summed E-state index contributed by atoms with van der Waals surface area (Å²) in [5.41, 5.74) is 7.09. The van der Waals surface area contributed by atoms with E-state index in [0.29, 0.717) is 0 Å². The van der Waals surface area contributed by atoms with Gasteiger partial charge in [0.2, 0.25) is 0 Å². The van der Waals surface area contributed by atoms with Crippen molar-refractivity contribution in [2.75, 3.05) is 12.9 Å². The number of fused-ring (bicyclic) bond motifs is 1. The normalized spacial score (nSPS) is 28.4. The molecule has 6 heteroatoms. The molecular formula is C25H32O5S. The van der Waals surface area contributed by atoms with Crippen LogP contribution in [0.5, 0.6) is 0 Å². The summed E-state index contributed by atoms with van der Waals surface area (Å²) >= 11 is 1.72. The highest BCUT2D eigenvalue weighted by atomic mass is 32.2. The molecule has 0 unspecified atom stereocenters. The molecule has 5 nitrogen and oxygen atoms in total. The van der Waals surface area contributed by atoms with E-state index in [4.69, 9.17) is 4.74 Å². The lowest BCUT2D eigenvalue weighted by molar-refractivity contribution is -0.231. The second-order valence-corrected chi connectivity index (χ2v) is 9.57. The monoisotopic (exact) mass is 444 g/mol. The Labute approximate surface area is 188 Å². The van der Waals surface area contributed by atoms with Crippen LogP contribution < -0.4 is 0 Å². The molecule has 1 fully saturated rings. The van der Waals surface area contributed by atoms with Crippen molar-refractivity contribution >= 4 is 11.8 Å². The first-order valence-corrected chi connectivity index (χ1v) is 12.2. The maximum absolute atomic E-state index is 10.7. The number of hydrogen-bond donors (Lipinski definition) is 4. The van der Waals surface area contributed by atoms with Gasteiger partial charge in [-0.25, -0.2) is 0 Å². The lowest BCUT2D eigenvalue weighted by Crippen LogP contribution is -2.55. The zero-order chi connectivity index (χ0) is 22.1. The Morgan fingerprint density at radius 1 is 0.968 bits per heavy atom. The van der Waals surface area contributed by atoms with Gasteiger partial charge < -0.3 is 25.2 Å². The molecule has 2 aromatic rings. The van der Waals surface area contributed by atoms with Gasteiger partial charge in [0.05, 0.1) is 6.61 Å². The zero-order valence-electron chi connectivity index (χ0n) is 18.1. The van der Waals surface area contributed by atoms with Gasteiger partial charge in [0.15, 0.2) is 0 Å². The van der Waals surface area contributed by atoms with Gasteiger partial charge in [-0.1, -0.05) is 18.2 Å². The third-order valence-corrected chi connectivity index (χ3v) is 7.57. The van der Waals surface area contributed by atoms with Crippen molar-refractivity contribution in [2.24, 2.45) is 0 Å². The Balaban J connectivity index is 1.75. The zero-order valence-corrected chi connectivity index (χ0v) is 18.9. The molecule has 4 N–H and O–H groups in total. The second kappa shape index (κ2) is 9.61. The molecule has 168 valence electrons. The van der Waals surface area contributed by atoms with Crippen LogP contribution in [0.4, 0.5) is 0 Å². The molecular weight excluding hydrogens is 412 g/mol.